The van der Waals surface area contributed by atoms with Crippen LogP contribution in [0.4, 0.5) is 0 Å². The van der Waals surface area contributed by atoms with Crippen molar-refractivity contribution in [1.29, 1.82) is 0 Å². The Morgan fingerprint density at radius 3 is 2.63 bits per heavy atom. The maximum atomic E-state index is 6.16. The summed E-state index contributed by atoms with van der Waals surface area (Å²) in [7, 11) is 0. The number of aromatic nitrogens is 2. The molecule has 19 heavy (non-hydrogen) atoms. The molecule has 0 aliphatic heterocycles. The van der Waals surface area contributed by atoms with Gasteiger partial charge in [0, 0.05) is 30.7 Å². The lowest BCUT2D eigenvalue weighted by atomic mass is 9.94. The number of benzene rings is 1. The molecule has 1 atom stereocenters. The summed E-state index contributed by atoms with van der Waals surface area (Å²) in [5.41, 5.74) is 2.15. The molecule has 0 fully saturated rings. The van der Waals surface area contributed by atoms with Gasteiger partial charge in [-0.3, -0.25) is 4.68 Å². The van der Waals surface area contributed by atoms with Crippen molar-refractivity contribution in [3.63, 3.8) is 0 Å². The van der Waals surface area contributed by atoms with Gasteiger partial charge in [0.15, 0.2) is 0 Å². The van der Waals surface area contributed by atoms with E-state index in [1.54, 1.807) is 0 Å². The lowest BCUT2D eigenvalue weighted by Gasteiger charge is -2.29. The molecule has 0 amide bonds. The Balaban J connectivity index is 2.06. The first kappa shape index (κ1) is 14.1. The van der Waals surface area contributed by atoms with E-state index in [2.05, 4.69) is 42.6 Å². The lowest BCUT2D eigenvalue weighted by molar-refractivity contribution is 0.406. The first-order chi connectivity index (χ1) is 9.18. The van der Waals surface area contributed by atoms with Crippen LogP contribution in [0, 0.1) is 0 Å². The van der Waals surface area contributed by atoms with Crippen LogP contribution in [0.15, 0.2) is 42.7 Å². The van der Waals surface area contributed by atoms with Crippen molar-refractivity contribution in [3.05, 3.63) is 53.9 Å². The summed E-state index contributed by atoms with van der Waals surface area (Å²) < 4.78 is 1.93. The summed E-state index contributed by atoms with van der Waals surface area (Å²) in [5.74, 6) is 0.527. The van der Waals surface area contributed by atoms with E-state index in [0.717, 1.165) is 13.1 Å². The van der Waals surface area contributed by atoms with Crippen LogP contribution >= 0.6 is 11.6 Å². The monoisotopic (exact) mass is 277 g/mol. The summed E-state index contributed by atoms with van der Waals surface area (Å²) in [6, 6.07) is 10.3. The number of hydrogen-bond acceptors (Lipinski definition) is 2. The molecular weight excluding hydrogens is 258 g/mol. The molecule has 102 valence electrons. The van der Waals surface area contributed by atoms with Gasteiger partial charge in [0.25, 0.3) is 0 Å². The topological polar surface area (TPSA) is 29.9 Å². The first-order valence-corrected chi connectivity index (χ1v) is 7.09. The van der Waals surface area contributed by atoms with Crippen molar-refractivity contribution >= 4 is 11.6 Å². The van der Waals surface area contributed by atoms with Crippen LogP contribution in [0.5, 0.6) is 0 Å². The van der Waals surface area contributed by atoms with E-state index in [1.165, 1.54) is 11.1 Å². The van der Waals surface area contributed by atoms with Gasteiger partial charge in [-0.05, 0) is 19.4 Å². The summed E-state index contributed by atoms with van der Waals surface area (Å²) in [4.78, 5) is 0. The molecule has 0 aliphatic rings. The van der Waals surface area contributed by atoms with Gasteiger partial charge < -0.3 is 5.32 Å². The van der Waals surface area contributed by atoms with Crippen molar-refractivity contribution < 1.29 is 0 Å². The molecule has 0 saturated heterocycles. The molecule has 1 unspecified atom stereocenters. The van der Waals surface area contributed by atoms with E-state index < -0.39 is 0 Å². The summed E-state index contributed by atoms with van der Waals surface area (Å²) >= 11 is 6.16. The molecule has 0 aliphatic carbocycles. The molecule has 0 bridgehead atoms. The van der Waals surface area contributed by atoms with E-state index in [4.69, 9.17) is 11.6 Å². The number of alkyl halides is 1. The van der Waals surface area contributed by atoms with Gasteiger partial charge in [-0.1, -0.05) is 30.3 Å². The van der Waals surface area contributed by atoms with Crippen LogP contribution in [-0.4, -0.2) is 15.7 Å². The van der Waals surface area contributed by atoms with Gasteiger partial charge in [0.05, 0.1) is 11.7 Å². The predicted molar refractivity (Wildman–Crippen MR) is 79.3 cm³/mol. The van der Waals surface area contributed by atoms with Crippen molar-refractivity contribution in [2.45, 2.75) is 32.5 Å². The van der Waals surface area contributed by atoms with Gasteiger partial charge in [-0.15, -0.1) is 11.6 Å². The number of halogens is 1. The van der Waals surface area contributed by atoms with Crippen LogP contribution in [0.2, 0.25) is 0 Å². The molecule has 0 spiro atoms. The third-order valence-electron chi connectivity index (χ3n) is 3.37. The number of rotatable bonds is 6. The normalized spacial score (nSPS) is 14.3. The Labute approximate surface area is 119 Å². The molecule has 1 aromatic heterocycles. The Bertz CT molecular complexity index is 509. The van der Waals surface area contributed by atoms with Crippen LogP contribution in [-0.2, 0) is 18.6 Å². The van der Waals surface area contributed by atoms with Crippen LogP contribution < -0.4 is 5.32 Å². The molecule has 0 radical (unpaired) electrons. The Kier molecular flexibility index (Phi) is 4.61. The fraction of sp³-hybridized carbons (Fsp3) is 0.400. The van der Waals surface area contributed by atoms with Crippen molar-refractivity contribution in [2.24, 2.45) is 0 Å². The van der Waals surface area contributed by atoms with Gasteiger partial charge >= 0.3 is 0 Å². The Morgan fingerprint density at radius 1 is 1.32 bits per heavy atom. The Morgan fingerprint density at radius 2 is 2.05 bits per heavy atom. The molecule has 1 aromatic carbocycles. The van der Waals surface area contributed by atoms with Crippen molar-refractivity contribution in [1.82, 2.24) is 15.1 Å². The van der Waals surface area contributed by atoms with Gasteiger partial charge in [-0.25, -0.2) is 0 Å². The highest BCUT2D eigenvalue weighted by atomic mass is 35.5. The number of hydrogen-bond donors (Lipinski definition) is 1. The minimum atomic E-state index is -0.225. The average molecular weight is 278 g/mol. The first-order valence-electron chi connectivity index (χ1n) is 6.56. The van der Waals surface area contributed by atoms with Crippen molar-refractivity contribution in [3.8, 4) is 0 Å². The van der Waals surface area contributed by atoms with Gasteiger partial charge in [0.2, 0.25) is 0 Å². The smallest absolute Gasteiger partial charge is 0.0545 e. The Hall–Kier alpha value is -1.32. The predicted octanol–water partition coefficient (Wildman–Crippen LogP) is 3.15. The second kappa shape index (κ2) is 6.22. The van der Waals surface area contributed by atoms with Gasteiger partial charge in [-0.2, -0.15) is 5.10 Å². The third-order valence-corrected chi connectivity index (χ3v) is 3.91. The molecule has 1 N–H and O–H groups in total. The third kappa shape index (κ3) is 3.37. The van der Waals surface area contributed by atoms with Crippen LogP contribution in [0.1, 0.15) is 25.0 Å². The molecule has 2 rings (SSSR count). The molecular formula is C15H20ClN3. The highest BCUT2D eigenvalue weighted by molar-refractivity contribution is 6.18. The molecule has 0 saturated carbocycles. The number of nitrogens with one attached hydrogen (secondary N) is 1. The molecule has 4 heteroatoms. The maximum Gasteiger partial charge on any atom is 0.0545 e. The fourth-order valence-electron chi connectivity index (χ4n) is 2.00. The standard InChI is InChI=1S/C15H20ClN3/c1-3-19-11-13(10-18-19)9-17-15(2,12-16)14-7-5-4-6-8-14/h4-8,10-11,17H,3,9,12H2,1-2H3. The zero-order chi connectivity index (χ0) is 13.7. The van der Waals surface area contributed by atoms with E-state index in [1.807, 2.05) is 29.1 Å². The fourth-order valence-corrected chi connectivity index (χ4v) is 2.25. The number of nitrogens with zero attached hydrogens (tertiary/aromatic N) is 2. The van der Waals surface area contributed by atoms with E-state index >= 15 is 0 Å². The van der Waals surface area contributed by atoms with Crippen molar-refractivity contribution in [2.75, 3.05) is 5.88 Å². The van der Waals surface area contributed by atoms with E-state index in [-0.39, 0.29) is 5.54 Å². The quantitative estimate of drug-likeness (QED) is 0.822. The number of aryl methyl sites for hydroxylation is 1. The zero-order valence-corrected chi connectivity index (χ0v) is 12.2. The molecule has 1 heterocycles. The highest BCUT2D eigenvalue weighted by Gasteiger charge is 2.24. The SMILES string of the molecule is CCn1cc(CNC(C)(CCl)c2ccccc2)cn1. The molecule has 2 aromatic rings. The summed E-state index contributed by atoms with van der Waals surface area (Å²) in [5, 5.41) is 7.81. The maximum absolute atomic E-state index is 6.16. The minimum absolute atomic E-state index is 0.225. The minimum Gasteiger partial charge on any atom is -0.302 e. The largest absolute Gasteiger partial charge is 0.302 e. The summed E-state index contributed by atoms with van der Waals surface area (Å²) in [6.07, 6.45) is 3.96. The van der Waals surface area contributed by atoms with E-state index in [9.17, 15) is 0 Å². The molecule has 3 nitrogen and oxygen atoms in total. The lowest BCUT2D eigenvalue weighted by Crippen LogP contribution is -2.40. The second-order valence-electron chi connectivity index (χ2n) is 4.89. The van der Waals surface area contributed by atoms with E-state index in [0.29, 0.717) is 5.88 Å². The van der Waals surface area contributed by atoms with Crippen LogP contribution in [0.3, 0.4) is 0 Å². The summed E-state index contributed by atoms with van der Waals surface area (Å²) in [6.45, 7) is 5.86. The zero-order valence-electron chi connectivity index (χ0n) is 11.4. The average Bonchev–Trinajstić information content (AvgIpc) is 2.94. The second-order valence-corrected chi connectivity index (χ2v) is 5.16. The highest BCUT2D eigenvalue weighted by Crippen LogP contribution is 2.22. The van der Waals surface area contributed by atoms with Crippen LogP contribution in [0.25, 0.3) is 0 Å². The van der Waals surface area contributed by atoms with Gasteiger partial charge in [0.1, 0.15) is 0 Å².